The van der Waals surface area contributed by atoms with Crippen molar-refractivity contribution >= 4 is 34.2 Å². The number of carbonyl (C=O) groups is 1. The van der Waals surface area contributed by atoms with Crippen LogP contribution in [0.25, 0.3) is 10.9 Å². The van der Waals surface area contributed by atoms with Crippen LogP contribution in [-0.4, -0.2) is 53.5 Å². The third-order valence-corrected chi connectivity index (χ3v) is 5.37. The lowest BCUT2D eigenvalue weighted by Gasteiger charge is -2.34. The average molecular weight is 395 g/mol. The maximum atomic E-state index is 12.7. The molecule has 2 amide bonds. The zero-order chi connectivity index (χ0) is 19.3. The van der Waals surface area contributed by atoms with Gasteiger partial charge < -0.3 is 10.2 Å². The molecule has 0 unspecified atom stereocenters. The van der Waals surface area contributed by atoms with Gasteiger partial charge >= 0.3 is 6.03 Å². The second-order valence-corrected chi connectivity index (χ2v) is 7.46. The van der Waals surface area contributed by atoms with Gasteiger partial charge in [-0.25, -0.2) is 4.79 Å². The van der Waals surface area contributed by atoms with Gasteiger partial charge in [-0.05, 0) is 36.2 Å². The lowest BCUT2D eigenvalue weighted by Crippen LogP contribution is -2.50. The summed E-state index contributed by atoms with van der Waals surface area (Å²) in [6.45, 7) is 4.17. The molecule has 1 N–H and O–H groups in total. The summed E-state index contributed by atoms with van der Waals surface area (Å²) in [5, 5.41) is 4.82. The number of aromatic nitrogens is 1. The monoisotopic (exact) mass is 394 g/mol. The Morgan fingerprint density at radius 2 is 1.82 bits per heavy atom. The number of hydrogen-bond donors (Lipinski definition) is 1. The van der Waals surface area contributed by atoms with Crippen molar-refractivity contribution in [2.75, 3.05) is 38.0 Å². The van der Waals surface area contributed by atoms with Gasteiger partial charge in [0, 0.05) is 49.3 Å². The maximum absolute atomic E-state index is 12.7. The summed E-state index contributed by atoms with van der Waals surface area (Å²) >= 11 is 6.05. The van der Waals surface area contributed by atoms with Gasteiger partial charge in [0.15, 0.2) is 0 Å². The third kappa shape index (κ3) is 4.43. The van der Waals surface area contributed by atoms with Crippen LogP contribution in [0.5, 0.6) is 0 Å². The van der Waals surface area contributed by atoms with Gasteiger partial charge in [0.05, 0.1) is 11.2 Å². The highest BCUT2D eigenvalue weighted by Crippen LogP contribution is 2.21. The molecule has 28 heavy (non-hydrogen) atoms. The van der Waals surface area contributed by atoms with Crippen LogP contribution in [0.4, 0.5) is 10.5 Å². The predicted molar refractivity (Wildman–Crippen MR) is 114 cm³/mol. The van der Waals surface area contributed by atoms with Crippen LogP contribution in [0, 0.1) is 0 Å². The fraction of sp³-hybridized carbons (Fsp3) is 0.273. The normalized spacial score (nSPS) is 15.0. The van der Waals surface area contributed by atoms with Crippen molar-refractivity contribution in [2.24, 2.45) is 0 Å². The summed E-state index contributed by atoms with van der Waals surface area (Å²) < 4.78 is 0. The molecule has 4 rings (SSSR count). The molecule has 2 heterocycles. The lowest BCUT2D eigenvalue weighted by atomic mass is 10.1. The van der Waals surface area contributed by atoms with Crippen molar-refractivity contribution in [1.82, 2.24) is 14.8 Å². The second kappa shape index (κ2) is 8.59. The van der Waals surface area contributed by atoms with E-state index in [-0.39, 0.29) is 6.03 Å². The SMILES string of the molecule is O=C(Nc1cccc2cccnc12)N1CCN(CCc2cccc(Cl)c2)CC1. The van der Waals surface area contributed by atoms with E-state index >= 15 is 0 Å². The molecule has 1 aliphatic rings. The highest BCUT2D eigenvalue weighted by molar-refractivity contribution is 6.30. The van der Waals surface area contributed by atoms with E-state index in [4.69, 9.17) is 11.6 Å². The van der Waals surface area contributed by atoms with E-state index in [1.807, 2.05) is 53.4 Å². The number of nitrogens with one attached hydrogen (secondary N) is 1. The number of piperazine rings is 1. The Balaban J connectivity index is 1.30. The molecular formula is C22H23ClN4O. The Kier molecular flexibility index (Phi) is 5.74. The van der Waals surface area contributed by atoms with Gasteiger partial charge in [-0.3, -0.25) is 9.88 Å². The molecule has 2 aromatic carbocycles. The number of anilines is 1. The number of amides is 2. The second-order valence-electron chi connectivity index (χ2n) is 7.02. The van der Waals surface area contributed by atoms with Gasteiger partial charge in [0.2, 0.25) is 0 Å². The van der Waals surface area contributed by atoms with Crippen LogP contribution >= 0.6 is 11.6 Å². The van der Waals surface area contributed by atoms with Crippen molar-refractivity contribution in [3.05, 3.63) is 71.4 Å². The summed E-state index contributed by atoms with van der Waals surface area (Å²) in [5.41, 5.74) is 2.82. The number of urea groups is 1. The van der Waals surface area contributed by atoms with Crippen LogP contribution < -0.4 is 5.32 Å². The van der Waals surface area contributed by atoms with Gasteiger partial charge in [0.25, 0.3) is 0 Å². The van der Waals surface area contributed by atoms with Gasteiger partial charge in [-0.1, -0.05) is 41.9 Å². The molecule has 6 heteroatoms. The van der Waals surface area contributed by atoms with Gasteiger partial charge in [0.1, 0.15) is 0 Å². The first-order valence-electron chi connectivity index (χ1n) is 9.55. The fourth-order valence-corrected chi connectivity index (χ4v) is 3.77. The molecule has 1 aliphatic heterocycles. The van der Waals surface area contributed by atoms with Gasteiger partial charge in [-0.2, -0.15) is 0 Å². The maximum Gasteiger partial charge on any atom is 0.321 e. The third-order valence-electron chi connectivity index (χ3n) is 5.14. The minimum Gasteiger partial charge on any atom is -0.322 e. The fourth-order valence-electron chi connectivity index (χ4n) is 3.55. The summed E-state index contributed by atoms with van der Waals surface area (Å²) in [5.74, 6) is 0. The van der Waals surface area contributed by atoms with E-state index in [0.29, 0.717) is 0 Å². The molecule has 1 saturated heterocycles. The molecule has 1 aromatic heterocycles. The molecular weight excluding hydrogens is 372 g/mol. The first kappa shape index (κ1) is 18.7. The zero-order valence-corrected chi connectivity index (χ0v) is 16.4. The van der Waals surface area contributed by atoms with Crippen molar-refractivity contribution in [2.45, 2.75) is 6.42 Å². The zero-order valence-electron chi connectivity index (χ0n) is 15.6. The molecule has 0 spiro atoms. The number of pyridine rings is 1. The summed E-state index contributed by atoms with van der Waals surface area (Å²) in [7, 11) is 0. The van der Waals surface area contributed by atoms with E-state index in [0.717, 1.165) is 60.8 Å². The molecule has 0 saturated carbocycles. The minimum absolute atomic E-state index is 0.0624. The Labute approximate surface area is 169 Å². The molecule has 144 valence electrons. The van der Waals surface area contributed by atoms with E-state index in [9.17, 15) is 4.79 Å². The number of nitrogens with zero attached hydrogens (tertiary/aromatic N) is 3. The van der Waals surface area contributed by atoms with Crippen LogP contribution in [0.15, 0.2) is 60.8 Å². The molecule has 0 radical (unpaired) electrons. The highest BCUT2D eigenvalue weighted by atomic mass is 35.5. The number of hydrogen-bond acceptors (Lipinski definition) is 3. The quantitative estimate of drug-likeness (QED) is 0.718. The predicted octanol–water partition coefficient (Wildman–Crippen LogP) is 4.28. The molecule has 3 aromatic rings. The number of halogens is 1. The standard InChI is InChI=1S/C22H23ClN4O/c23-19-7-1-4-17(16-19)9-11-26-12-14-27(15-13-26)22(28)25-20-8-2-5-18-6-3-10-24-21(18)20/h1-8,10,16H,9,11-15H2,(H,25,28). The van der Waals surface area contributed by atoms with Crippen LogP contribution in [0.1, 0.15) is 5.56 Å². The first-order valence-corrected chi connectivity index (χ1v) is 9.93. The Bertz CT molecular complexity index is 964. The number of para-hydroxylation sites is 1. The number of benzene rings is 2. The van der Waals surface area contributed by atoms with Crippen molar-refractivity contribution in [3.63, 3.8) is 0 Å². The smallest absolute Gasteiger partial charge is 0.321 e. The van der Waals surface area contributed by atoms with Crippen molar-refractivity contribution in [1.29, 1.82) is 0 Å². The Morgan fingerprint density at radius 3 is 2.64 bits per heavy atom. The highest BCUT2D eigenvalue weighted by Gasteiger charge is 2.21. The van der Waals surface area contributed by atoms with Crippen LogP contribution in [-0.2, 0) is 6.42 Å². The average Bonchev–Trinajstić information content (AvgIpc) is 2.73. The molecule has 1 fully saturated rings. The lowest BCUT2D eigenvalue weighted by molar-refractivity contribution is 0.148. The largest absolute Gasteiger partial charge is 0.322 e. The van der Waals surface area contributed by atoms with Gasteiger partial charge in [-0.15, -0.1) is 0 Å². The minimum atomic E-state index is -0.0624. The Morgan fingerprint density at radius 1 is 1.04 bits per heavy atom. The molecule has 0 aliphatic carbocycles. The first-order chi connectivity index (χ1) is 13.7. The van der Waals surface area contributed by atoms with Crippen molar-refractivity contribution < 1.29 is 4.79 Å². The molecule has 5 nitrogen and oxygen atoms in total. The Hall–Kier alpha value is -2.63. The number of rotatable bonds is 4. The molecule has 0 bridgehead atoms. The van der Waals surface area contributed by atoms with E-state index < -0.39 is 0 Å². The van der Waals surface area contributed by atoms with Crippen LogP contribution in [0.3, 0.4) is 0 Å². The van der Waals surface area contributed by atoms with E-state index in [2.05, 4.69) is 21.3 Å². The summed E-state index contributed by atoms with van der Waals surface area (Å²) in [6, 6.07) is 17.7. The number of fused-ring (bicyclic) bond motifs is 1. The number of carbonyl (C=O) groups excluding carboxylic acids is 1. The topological polar surface area (TPSA) is 48.5 Å². The summed E-state index contributed by atoms with van der Waals surface area (Å²) in [4.78, 5) is 21.4. The van der Waals surface area contributed by atoms with E-state index in [1.165, 1.54) is 5.56 Å². The van der Waals surface area contributed by atoms with Crippen molar-refractivity contribution in [3.8, 4) is 0 Å². The van der Waals surface area contributed by atoms with E-state index in [1.54, 1.807) is 6.20 Å². The van der Waals surface area contributed by atoms with Crippen LogP contribution in [0.2, 0.25) is 5.02 Å². The molecule has 0 atom stereocenters. The summed E-state index contributed by atoms with van der Waals surface area (Å²) in [6.07, 6.45) is 2.71.